The molecule has 1 fully saturated rings. The van der Waals surface area contributed by atoms with Gasteiger partial charge in [-0.05, 0) is 45.3 Å². The fourth-order valence-electron chi connectivity index (χ4n) is 2.59. The molecule has 1 atom stereocenters. The molecule has 1 aromatic heterocycles. The van der Waals surface area contributed by atoms with Crippen LogP contribution >= 0.6 is 12.4 Å². The van der Waals surface area contributed by atoms with Gasteiger partial charge in [0.2, 0.25) is 5.91 Å². The molecule has 1 unspecified atom stereocenters. The second kappa shape index (κ2) is 7.45. The van der Waals surface area contributed by atoms with E-state index in [0.717, 1.165) is 32.4 Å². The van der Waals surface area contributed by atoms with E-state index in [1.807, 2.05) is 29.9 Å². The number of aromatic nitrogens is 2. The predicted molar refractivity (Wildman–Crippen MR) is 82.0 cm³/mol. The van der Waals surface area contributed by atoms with Gasteiger partial charge in [0.25, 0.3) is 0 Å². The largest absolute Gasteiger partial charge is 0.351 e. The van der Waals surface area contributed by atoms with Gasteiger partial charge in [-0.2, -0.15) is 5.10 Å². The molecule has 2 N–H and O–H groups in total. The monoisotopic (exact) mass is 298 g/mol. The van der Waals surface area contributed by atoms with Crippen LogP contribution in [0, 0.1) is 0 Å². The molecule has 1 amide bonds. The number of nitrogens with one attached hydrogen (secondary N) is 2. The highest BCUT2D eigenvalue weighted by atomic mass is 35.5. The molecular formula is C14H23ClN4O. The van der Waals surface area contributed by atoms with E-state index in [-0.39, 0.29) is 24.4 Å². The molecule has 0 aliphatic carbocycles. The van der Waals surface area contributed by atoms with Crippen LogP contribution in [-0.4, -0.2) is 34.8 Å². The van der Waals surface area contributed by atoms with Crippen LogP contribution in [-0.2, 0) is 10.3 Å². The molecule has 1 saturated heterocycles. The van der Waals surface area contributed by atoms with E-state index in [9.17, 15) is 4.79 Å². The minimum atomic E-state index is -0.551. The number of rotatable bonds is 5. The second-order valence-electron chi connectivity index (χ2n) is 5.13. The Kier molecular flexibility index (Phi) is 6.23. The Morgan fingerprint density at radius 3 is 2.85 bits per heavy atom. The first-order valence-corrected chi connectivity index (χ1v) is 6.82. The van der Waals surface area contributed by atoms with E-state index < -0.39 is 5.54 Å². The highest BCUT2D eigenvalue weighted by Crippen LogP contribution is 2.27. The molecule has 2 heterocycles. The summed E-state index contributed by atoms with van der Waals surface area (Å²) in [5.74, 6) is 0.0621. The van der Waals surface area contributed by atoms with Gasteiger partial charge in [0.05, 0.1) is 0 Å². The van der Waals surface area contributed by atoms with Crippen LogP contribution < -0.4 is 10.6 Å². The quantitative estimate of drug-likeness (QED) is 0.809. The smallest absolute Gasteiger partial charge is 0.248 e. The number of hydrogen-bond donors (Lipinski definition) is 2. The molecule has 2 rings (SSSR count). The van der Waals surface area contributed by atoms with Gasteiger partial charge in [-0.1, -0.05) is 6.08 Å². The molecule has 112 valence electrons. The van der Waals surface area contributed by atoms with Crippen LogP contribution in [0.1, 0.15) is 26.2 Å². The summed E-state index contributed by atoms with van der Waals surface area (Å²) in [6.07, 6.45) is 7.74. The van der Waals surface area contributed by atoms with Crippen molar-refractivity contribution in [1.29, 1.82) is 0 Å². The standard InChI is InChI=1S/C14H22N4O.ClH/c1-3-5-12(2)17-13(19)14(6-9-15-10-7-14)18-11-4-8-16-18;/h3-4,8,11-12,15H,1,5-7,9-10H2,2H3,(H,17,19);1H. The average molecular weight is 299 g/mol. The van der Waals surface area contributed by atoms with Crippen molar-refractivity contribution >= 4 is 18.3 Å². The van der Waals surface area contributed by atoms with E-state index in [1.54, 1.807) is 6.20 Å². The maximum absolute atomic E-state index is 12.7. The van der Waals surface area contributed by atoms with Crippen molar-refractivity contribution in [3.8, 4) is 0 Å². The Morgan fingerprint density at radius 1 is 1.60 bits per heavy atom. The maximum atomic E-state index is 12.7. The Hall–Kier alpha value is -1.33. The topological polar surface area (TPSA) is 59.0 Å². The Labute approximate surface area is 126 Å². The third-order valence-corrected chi connectivity index (χ3v) is 3.69. The zero-order valence-corrected chi connectivity index (χ0v) is 12.7. The number of amides is 1. The van der Waals surface area contributed by atoms with E-state index in [2.05, 4.69) is 22.3 Å². The number of hydrogen-bond acceptors (Lipinski definition) is 3. The van der Waals surface area contributed by atoms with Gasteiger partial charge in [0.1, 0.15) is 5.54 Å². The number of carbonyl (C=O) groups is 1. The molecule has 6 heteroatoms. The molecule has 1 aliphatic rings. The van der Waals surface area contributed by atoms with E-state index in [1.165, 1.54) is 0 Å². The molecule has 0 radical (unpaired) electrons. The third-order valence-electron chi connectivity index (χ3n) is 3.69. The van der Waals surface area contributed by atoms with Crippen LogP contribution in [0.15, 0.2) is 31.1 Å². The van der Waals surface area contributed by atoms with Crippen LogP contribution in [0.5, 0.6) is 0 Å². The van der Waals surface area contributed by atoms with Gasteiger partial charge in [0, 0.05) is 18.4 Å². The summed E-state index contributed by atoms with van der Waals surface area (Å²) in [4.78, 5) is 12.7. The first kappa shape index (κ1) is 16.7. The maximum Gasteiger partial charge on any atom is 0.248 e. The van der Waals surface area contributed by atoms with Gasteiger partial charge in [-0.15, -0.1) is 19.0 Å². The minimum Gasteiger partial charge on any atom is -0.351 e. The van der Waals surface area contributed by atoms with Crippen molar-refractivity contribution in [3.63, 3.8) is 0 Å². The summed E-state index contributed by atoms with van der Waals surface area (Å²) in [6.45, 7) is 7.38. The Balaban J connectivity index is 0.00000200. The highest BCUT2D eigenvalue weighted by Gasteiger charge is 2.42. The fourth-order valence-corrected chi connectivity index (χ4v) is 2.59. The lowest BCUT2D eigenvalue weighted by molar-refractivity contribution is -0.132. The Morgan fingerprint density at radius 2 is 2.30 bits per heavy atom. The third kappa shape index (κ3) is 3.41. The molecule has 0 spiro atoms. The first-order valence-electron chi connectivity index (χ1n) is 6.82. The summed E-state index contributed by atoms with van der Waals surface area (Å²) in [5.41, 5.74) is -0.551. The number of halogens is 1. The zero-order valence-electron chi connectivity index (χ0n) is 11.8. The average Bonchev–Trinajstić information content (AvgIpc) is 2.94. The molecule has 1 aromatic rings. The summed E-state index contributed by atoms with van der Waals surface area (Å²) in [5, 5.41) is 10.7. The molecule has 20 heavy (non-hydrogen) atoms. The summed E-state index contributed by atoms with van der Waals surface area (Å²) < 4.78 is 1.81. The summed E-state index contributed by atoms with van der Waals surface area (Å²) in [6, 6.07) is 1.97. The van der Waals surface area contributed by atoms with Crippen LogP contribution in [0.4, 0.5) is 0 Å². The number of nitrogens with zero attached hydrogens (tertiary/aromatic N) is 2. The lowest BCUT2D eigenvalue weighted by atomic mass is 9.87. The summed E-state index contributed by atoms with van der Waals surface area (Å²) in [7, 11) is 0. The Bertz CT molecular complexity index is 426. The molecule has 5 nitrogen and oxygen atoms in total. The van der Waals surface area contributed by atoms with Crippen molar-refractivity contribution in [3.05, 3.63) is 31.1 Å². The fraction of sp³-hybridized carbons (Fsp3) is 0.571. The lowest BCUT2D eigenvalue weighted by Crippen LogP contribution is -2.56. The van der Waals surface area contributed by atoms with E-state index in [0.29, 0.717) is 0 Å². The van der Waals surface area contributed by atoms with Crippen molar-refractivity contribution < 1.29 is 4.79 Å². The van der Waals surface area contributed by atoms with Crippen molar-refractivity contribution in [2.45, 2.75) is 37.8 Å². The van der Waals surface area contributed by atoms with Crippen LogP contribution in [0.2, 0.25) is 0 Å². The van der Waals surface area contributed by atoms with Crippen molar-refractivity contribution in [1.82, 2.24) is 20.4 Å². The number of carbonyl (C=O) groups excluding carboxylic acids is 1. The van der Waals surface area contributed by atoms with Crippen molar-refractivity contribution in [2.24, 2.45) is 0 Å². The van der Waals surface area contributed by atoms with Gasteiger partial charge in [0.15, 0.2) is 0 Å². The first-order chi connectivity index (χ1) is 9.19. The molecule has 0 aromatic carbocycles. The number of piperidine rings is 1. The predicted octanol–water partition coefficient (Wildman–Crippen LogP) is 1.46. The second-order valence-corrected chi connectivity index (χ2v) is 5.13. The van der Waals surface area contributed by atoms with Gasteiger partial charge < -0.3 is 10.6 Å². The minimum absolute atomic E-state index is 0. The molecular weight excluding hydrogens is 276 g/mol. The van der Waals surface area contributed by atoms with Gasteiger partial charge in [-0.25, -0.2) is 0 Å². The lowest BCUT2D eigenvalue weighted by Gasteiger charge is -2.37. The normalized spacial score (nSPS) is 18.6. The van der Waals surface area contributed by atoms with Crippen molar-refractivity contribution in [2.75, 3.05) is 13.1 Å². The van der Waals surface area contributed by atoms with E-state index in [4.69, 9.17) is 0 Å². The van der Waals surface area contributed by atoms with Crippen LogP contribution in [0.3, 0.4) is 0 Å². The van der Waals surface area contributed by atoms with Gasteiger partial charge >= 0.3 is 0 Å². The zero-order chi connectivity index (χ0) is 13.7. The molecule has 1 aliphatic heterocycles. The molecule has 0 saturated carbocycles. The summed E-state index contributed by atoms with van der Waals surface area (Å²) >= 11 is 0. The van der Waals surface area contributed by atoms with Crippen LogP contribution in [0.25, 0.3) is 0 Å². The highest BCUT2D eigenvalue weighted by molar-refractivity contribution is 5.85. The van der Waals surface area contributed by atoms with E-state index >= 15 is 0 Å². The SMILES string of the molecule is C=CCC(C)NC(=O)C1(n2cccn2)CCNCC1.Cl. The molecule has 0 bridgehead atoms. The van der Waals surface area contributed by atoms with Gasteiger partial charge in [-0.3, -0.25) is 9.48 Å².